The molecule has 1 atom stereocenters. The molecule has 0 fully saturated rings. The van der Waals surface area contributed by atoms with Gasteiger partial charge in [0.15, 0.2) is 0 Å². The first-order chi connectivity index (χ1) is 9.84. The zero-order valence-electron chi connectivity index (χ0n) is 12.9. The molecule has 5 nitrogen and oxygen atoms in total. The Morgan fingerprint density at radius 3 is 2.57 bits per heavy atom. The molecule has 1 aromatic rings. The second-order valence-electron chi connectivity index (χ2n) is 5.54. The molecule has 1 aromatic carbocycles. The predicted octanol–water partition coefficient (Wildman–Crippen LogP) is 1.29. The second-order valence-corrected chi connectivity index (χ2v) is 5.54. The molecule has 0 bridgehead atoms. The zero-order valence-corrected chi connectivity index (χ0v) is 12.9. The first-order valence-corrected chi connectivity index (χ1v) is 6.83. The first kappa shape index (κ1) is 17.2. The fourth-order valence-corrected chi connectivity index (χ4v) is 1.97. The van der Waals surface area contributed by atoms with Crippen molar-refractivity contribution in [1.82, 2.24) is 10.2 Å². The minimum Gasteiger partial charge on any atom is -0.490 e. The van der Waals surface area contributed by atoms with E-state index in [0.717, 1.165) is 0 Å². The largest absolute Gasteiger partial charge is 0.490 e. The molecule has 2 N–H and O–H groups in total. The summed E-state index contributed by atoms with van der Waals surface area (Å²) < 4.78 is 5.35. The number of nitrogens with zero attached hydrogens (tertiary/aromatic N) is 1. The molecule has 0 heterocycles. The number of ether oxygens (including phenoxy) is 1. The van der Waals surface area contributed by atoms with Crippen molar-refractivity contribution >= 4 is 5.91 Å². The minimum absolute atomic E-state index is 0.193. The third-order valence-corrected chi connectivity index (χ3v) is 2.77. The van der Waals surface area contributed by atoms with Gasteiger partial charge in [0.05, 0.1) is 5.60 Å². The van der Waals surface area contributed by atoms with Gasteiger partial charge in [-0.2, -0.15) is 0 Å². The van der Waals surface area contributed by atoms with Crippen LogP contribution in [0.3, 0.4) is 0 Å². The molecule has 1 rings (SSSR count). The van der Waals surface area contributed by atoms with E-state index in [-0.39, 0.29) is 12.5 Å². The van der Waals surface area contributed by atoms with E-state index in [1.165, 1.54) is 0 Å². The maximum absolute atomic E-state index is 12.0. The van der Waals surface area contributed by atoms with Crippen molar-refractivity contribution in [2.24, 2.45) is 0 Å². The van der Waals surface area contributed by atoms with E-state index in [1.54, 1.807) is 37.3 Å². The maximum Gasteiger partial charge on any atom is 0.251 e. The number of amides is 1. The Morgan fingerprint density at radius 1 is 1.43 bits per heavy atom. The number of likely N-dealkylation sites (N-methyl/N-ethyl adjacent to an activating group) is 1. The number of hydrogen-bond acceptors (Lipinski definition) is 4. The zero-order chi connectivity index (χ0) is 15.9. The van der Waals surface area contributed by atoms with Crippen molar-refractivity contribution in [3.05, 3.63) is 42.5 Å². The topological polar surface area (TPSA) is 61.8 Å². The highest BCUT2D eigenvalue weighted by molar-refractivity contribution is 5.94. The lowest BCUT2D eigenvalue weighted by Crippen LogP contribution is -2.47. The molecule has 5 heteroatoms. The Hall–Kier alpha value is -1.85. The van der Waals surface area contributed by atoms with Crippen LogP contribution in [0.25, 0.3) is 0 Å². The van der Waals surface area contributed by atoms with E-state index in [2.05, 4.69) is 11.9 Å². The fourth-order valence-electron chi connectivity index (χ4n) is 1.97. The molecule has 1 amide bonds. The van der Waals surface area contributed by atoms with Gasteiger partial charge in [-0.1, -0.05) is 12.7 Å². The van der Waals surface area contributed by atoms with Crippen LogP contribution in [0, 0.1) is 0 Å². The molecular weight excluding hydrogens is 268 g/mol. The minimum atomic E-state index is -0.966. The highest BCUT2D eigenvalue weighted by Gasteiger charge is 2.22. The summed E-state index contributed by atoms with van der Waals surface area (Å²) in [6.07, 6.45) is 1.66. The van der Waals surface area contributed by atoms with Crippen molar-refractivity contribution in [2.45, 2.75) is 12.5 Å². The van der Waals surface area contributed by atoms with Gasteiger partial charge in [-0.15, -0.1) is 0 Å². The van der Waals surface area contributed by atoms with E-state index in [4.69, 9.17) is 4.74 Å². The lowest BCUT2D eigenvalue weighted by atomic mass is 10.1. The van der Waals surface area contributed by atoms with Crippen LogP contribution in [0.4, 0.5) is 0 Å². The summed E-state index contributed by atoms with van der Waals surface area (Å²) in [6, 6.07) is 6.84. The molecule has 1 unspecified atom stereocenters. The van der Waals surface area contributed by atoms with E-state index < -0.39 is 5.60 Å². The van der Waals surface area contributed by atoms with Gasteiger partial charge in [-0.25, -0.2) is 0 Å². The Kier molecular flexibility index (Phi) is 6.39. The van der Waals surface area contributed by atoms with Crippen LogP contribution in [0.2, 0.25) is 0 Å². The molecule has 0 aromatic heterocycles. The van der Waals surface area contributed by atoms with Gasteiger partial charge in [-0.3, -0.25) is 4.79 Å². The molecule has 0 aliphatic carbocycles. The fraction of sp³-hybridized carbons (Fsp3) is 0.438. The van der Waals surface area contributed by atoms with Gasteiger partial charge >= 0.3 is 0 Å². The molecule has 0 saturated heterocycles. The van der Waals surface area contributed by atoms with Gasteiger partial charge in [0.25, 0.3) is 5.91 Å². The molecule has 21 heavy (non-hydrogen) atoms. The van der Waals surface area contributed by atoms with Crippen LogP contribution in [0.5, 0.6) is 5.75 Å². The van der Waals surface area contributed by atoms with Crippen molar-refractivity contribution in [3.8, 4) is 5.75 Å². The number of hydrogen-bond donors (Lipinski definition) is 2. The van der Waals surface area contributed by atoms with Crippen molar-refractivity contribution in [2.75, 3.05) is 33.8 Å². The van der Waals surface area contributed by atoms with Gasteiger partial charge in [0, 0.05) is 18.7 Å². The van der Waals surface area contributed by atoms with Gasteiger partial charge in [0.2, 0.25) is 0 Å². The molecule has 0 radical (unpaired) electrons. The first-order valence-electron chi connectivity index (χ1n) is 6.83. The maximum atomic E-state index is 12.0. The number of benzene rings is 1. The SMILES string of the molecule is C=CCOc1ccc(C(=O)NCC(C)(O)CN(C)C)cc1. The normalized spacial score (nSPS) is 13.6. The van der Waals surface area contributed by atoms with Gasteiger partial charge in [-0.05, 0) is 45.3 Å². The van der Waals surface area contributed by atoms with Crippen LogP contribution in [-0.2, 0) is 0 Å². The Bertz CT molecular complexity index is 467. The van der Waals surface area contributed by atoms with Crippen LogP contribution in [0.1, 0.15) is 17.3 Å². The lowest BCUT2D eigenvalue weighted by Gasteiger charge is -2.27. The predicted molar refractivity (Wildman–Crippen MR) is 83.6 cm³/mol. The lowest BCUT2D eigenvalue weighted by molar-refractivity contribution is 0.0326. The van der Waals surface area contributed by atoms with E-state index in [1.807, 2.05) is 19.0 Å². The number of aliphatic hydroxyl groups is 1. The van der Waals surface area contributed by atoms with Crippen LogP contribution in [-0.4, -0.2) is 55.3 Å². The standard InChI is InChI=1S/C16H24N2O3/c1-5-10-21-14-8-6-13(7-9-14)15(19)17-11-16(2,20)12-18(3)4/h5-9,20H,1,10-12H2,2-4H3,(H,17,19). The average Bonchev–Trinajstić information content (AvgIpc) is 2.42. The van der Waals surface area contributed by atoms with Crippen molar-refractivity contribution < 1.29 is 14.6 Å². The van der Waals surface area contributed by atoms with Crippen LogP contribution in [0.15, 0.2) is 36.9 Å². The van der Waals surface area contributed by atoms with E-state index >= 15 is 0 Å². The summed E-state index contributed by atoms with van der Waals surface area (Å²) in [5, 5.41) is 12.9. The third kappa shape index (κ3) is 6.42. The molecule has 0 aliphatic heterocycles. The second kappa shape index (κ2) is 7.81. The molecular formula is C16H24N2O3. The molecule has 0 saturated carbocycles. The smallest absolute Gasteiger partial charge is 0.251 e. The molecule has 116 valence electrons. The molecule has 0 spiro atoms. The number of rotatable bonds is 8. The number of carbonyl (C=O) groups is 1. The summed E-state index contributed by atoms with van der Waals surface area (Å²) in [6.45, 7) is 6.36. The van der Waals surface area contributed by atoms with E-state index in [9.17, 15) is 9.90 Å². The quantitative estimate of drug-likeness (QED) is 0.709. The third-order valence-electron chi connectivity index (χ3n) is 2.77. The monoisotopic (exact) mass is 292 g/mol. The highest BCUT2D eigenvalue weighted by atomic mass is 16.5. The Labute approximate surface area is 126 Å². The summed E-state index contributed by atoms with van der Waals surface area (Å²) in [7, 11) is 3.75. The summed E-state index contributed by atoms with van der Waals surface area (Å²) >= 11 is 0. The van der Waals surface area contributed by atoms with Crippen molar-refractivity contribution in [3.63, 3.8) is 0 Å². The summed E-state index contributed by atoms with van der Waals surface area (Å²) in [5.74, 6) is 0.468. The Balaban J connectivity index is 2.53. The molecule has 0 aliphatic rings. The van der Waals surface area contributed by atoms with Gasteiger partial charge in [0.1, 0.15) is 12.4 Å². The van der Waals surface area contributed by atoms with Crippen LogP contribution >= 0.6 is 0 Å². The van der Waals surface area contributed by atoms with Gasteiger partial charge < -0.3 is 20.1 Å². The summed E-state index contributed by atoms with van der Waals surface area (Å²) in [4.78, 5) is 13.9. The van der Waals surface area contributed by atoms with Crippen molar-refractivity contribution in [1.29, 1.82) is 0 Å². The summed E-state index contributed by atoms with van der Waals surface area (Å²) in [5.41, 5.74) is -0.437. The van der Waals surface area contributed by atoms with E-state index in [0.29, 0.717) is 24.5 Å². The average molecular weight is 292 g/mol. The highest BCUT2D eigenvalue weighted by Crippen LogP contribution is 2.12. The van der Waals surface area contributed by atoms with Crippen LogP contribution < -0.4 is 10.1 Å². The number of nitrogens with one attached hydrogen (secondary N) is 1. The number of carbonyl (C=O) groups excluding carboxylic acids is 1. The Morgan fingerprint density at radius 2 is 2.05 bits per heavy atom.